The fraction of sp³-hybridized carbons (Fsp3) is 0.429. The van der Waals surface area contributed by atoms with Gasteiger partial charge in [0.1, 0.15) is 11.9 Å². The van der Waals surface area contributed by atoms with Gasteiger partial charge in [-0.3, -0.25) is 0 Å². The summed E-state index contributed by atoms with van der Waals surface area (Å²) >= 11 is 1.74. The molecule has 2 rings (SSSR count). The van der Waals surface area contributed by atoms with E-state index >= 15 is 0 Å². The van der Waals surface area contributed by atoms with Crippen LogP contribution in [0.15, 0.2) is 16.7 Å². The van der Waals surface area contributed by atoms with Gasteiger partial charge in [0.15, 0.2) is 0 Å². The van der Waals surface area contributed by atoms with E-state index in [0.29, 0.717) is 0 Å². The molecule has 2 nitrogen and oxygen atoms in total. The SMILES string of the molecule is OC1CSCc2ccoc21. The maximum Gasteiger partial charge on any atom is 0.137 e. The summed E-state index contributed by atoms with van der Waals surface area (Å²) in [7, 11) is 0. The first-order valence-corrected chi connectivity index (χ1v) is 4.35. The lowest BCUT2D eigenvalue weighted by Crippen LogP contribution is -2.06. The molecule has 1 atom stereocenters. The van der Waals surface area contributed by atoms with Gasteiger partial charge in [-0.1, -0.05) is 0 Å². The standard InChI is InChI=1S/C7H8O2S/c8-6-4-10-3-5-1-2-9-7(5)6/h1-2,6,8H,3-4H2. The molecule has 2 heterocycles. The molecule has 1 aliphatic heterocycles. The van der Waals surface area contributed by atoms with Crippen LogP contribution in [0.2, 0.25) is 0 Å². The number of aliphatic hydroxyl groups is 1. The Labute approximate surface area is 63.2 Å². The molecule has 0 radical (unpaired) electrons. The van der Waals surface area contributed by atoms with Crippen LogP contribution < -0.4 is 0 Å². The van der Waals surface area contributed by atoms with Crippen molar-refractivity contribution in [2.45, 2.75) is 11.9 Å². The lowest BCUT2D eigenvalue weighted by atomic mass is 10.2. The van der Waals surface area contributed by atoms with Crippen LogP contribution >= 0.6 is 11.8 Å². The van der Waals surface area contributed by atoms with E-state index in [-0.39, 0.29) is 6.10 Å². The summed E-state index contributed by atoms with van der Waals surface area (Å²) in [5, 5.41) is 9.34. The molecule has 0 saturated heterocycles. The number of hydrogen-bond acceptors (Lipinski definition) is 3. The van der Waals surface area contributed by atoms with Gasteiger partial charge in [0.25, 0.3) is 0 Å². The van der Waals surface area contributed by atoms with E-state index in [1.807, 2.05) is 6.07 Å². The molecule has 1 unspecified atom stereocenters. The fourth-order valence-electron chi connectivity index (χ4n) is 1.12. The summed E-state index contributed by atoms with van der Waals surface area (Å²) in [6, 6.07) is 1.92. The molecule has 0 fully saturated rings. The molecular formula is C7H8O2S. The van der Waals surface area contributed by atoms with Crippen molar-refractivity contribution in [1.82, 2.24) is 0 Å². The maximum atomic E-state index is 9.34. The van der Waals surface area contributed by atoms with Crippen LogP contribution in [0.1, 0.15) is 17.4 Å². The van der Waals surface area contributed by atoms with Gasteiger partial charge in [-0.05, 0) is 6.07 Å². The third kappa shape index (κ3) is 0.859. The molecule has 1 aromatic heterocycles. The summed E-state index contributed by atoms with van der Waals surface area (Å²) in [6.45, 7) is 0. The predicted octanol–water partition coefficient (Wildman–Crippen LogP) is 1.56. The van der Waals surface area contributed by atoms with Crippen LogP contribution in [-0.2, 0) is 5.75 Å². The smallest absolute Gasteiger partial charge is 0.137 e. The van der Waals surface area contributed by atoms with Crippen molar-refractivity contribution < 1.29 is 9.52 Å². The monoisotopic (exact) mass is 156 g/mol. The van der Waals surface area contributed by atoms with Crippen molar-refractivity contribution in [3.05, 3.63) is 23.7 Å². The second-order valence-electron chi connectivity index (χ2n) is 2.34. The average Bonchev–Trinajstić information content (AvgIpc) is 2.36. The van der Waals surface area contributed by atoms with E-state index in [1.165, 1.54) is 0 Å². The number of furan rings is 1. The Morgan fingerprint density at radius 3 is 3.40 bits per heavy atom. The zero-order valence-corrected chi connectivity index (χ0v) is 6.23. The first-order valence-electron chi connectivity index (χ1n) is 3.20. The van der Waals surface area contributed by atoms with Crippen molar-refractivity contribution in [1.29, 1.82) is 0 Å². The van der Waals surface area contributed by atoms with E-state index in [2.05, 4.69) is 0 Å². The van der Waals surface area contributed by atoms with E-state index in [9.17, 15) is 5.11 Å². The van der Waals surface area contributed by atoms with Crippen molar-refractivity contribution in [3.63, 3.8) is 0 Å². The minimum absolute atomic E-state index is 0.385. The fourth-order valence-corrected chi connectivity index (χ4v) is 2.07. The number of aliphatic hydroxyl groups excluding tert-OH is 1. The number of thioether (sulfide) groups is 1. The second-order valence-corrected chi connectivity index (χ2v) is 3.37. The molecule has 1 N–H and O–H groups in total. The molecule has 10 heavy (non-hydrogen) atoms. The van der Waals surface area contributed by atoms with E-state index in [0.717, 1.165) is 22.8 Å². The highest BCUT2D eigenvalue weighted by Gasteiger charge is 2.20. The predicted molar refractivity (Wildman–Crippen MR) is 39.8 cm³/mol. The van der Waals surface area contributed by atoms with Gasteiger partial charge in [0.2, 0.25) is 0 Å². The Bertz CT molecular complexity index is 231. The third-order valence-electron chi connectivity index (χ3n) is 1.62. The Morgan fingerprint density at radius 2 is 2.60 bits per heavy atom. The molecular weight excluding hydrogens is 148 g/mol. The minimum atomic E-state index is -0.385. The van der Waals surface area contributed by atoms with E-state index in [4.69, 9.17) is 4.42 Å². The molecule has 54 valence electrons. The van der Waals surface area contributed by atoms with Gasteiger partial charge < -0.3 is 9.52 Å². The molecule has 0 aromatic carbocycles. The molecule has 0 spiro atoms. The molecule has 0 amide bonds. The normalized spacial score (nSPS) is 24.3. The number of hydrogen-bond donors (Lipinski definition) is 1. The molecule has 0 bridgehead atoms. The Morgan fingerprint density at radius 1 is 1.70 bits per heavy atom. The lowest BCUT2D eigenvalue weighted by molar-refractivity contribution is 0.171. The topological polar surface area (TPSA) is 33.4 Å². The molecule has 3 heteroatoms. The average molecular weight is 156 g/mol. The van der Waals surface area contributed by atoms with Gasteiger partial charge in [-0.15, -0.1) is 0 Å². The molecule has 0 saturated carbocycles. The summed E-state index contributed by atoms with van der Waals surface area (Å²) in [5.41, 5.74) is 1.14. The third-order valence-corrected chi connectivity index (χ3v) is 2.68. The zero-order chi connectivity index (χ0) is 6.97. The van der Waals surface area contributed by atoms with Crippen molar-refractivity contribution in [2.24, 2.45) is 0 Å². The van der Waals surface area contributed by atoms with Crippen LogP contribution in [0.4, 0.5) is 0 Å². The summed E-state index contributed by atoms with van der Waals surface area (Å²) in [5.74, 6) is 2.50. The van der Waals surface area contributed by atoms with Gasteiger partial charge in [-0.2, -0.15) is 11.8 Å². The Hall–Kier alpha value is -0.410. The van der Waals surface area contributed by atoms with Gasteiger partial charge in [-0.25, -0.2) is 0 Å². The molecule has 1 aromatic rings. The minimum Gasteiger partial charge on any atom is -0.466 e. The quantitative estimate of drug-likeness (QED) is 0.618. The Balaban J connectivity index is 2.41. The first-order chi connectivity index (χ1) is 4.88. The Kier molecular flexibility index (Phi) is 1.47. The van der Waals surface area contributed by atoms with Gasteiger partial charge in [0, 0.05) is 17.1 Å². The van der Waals surface area contributed by atoms with E-state index < -0.39 is 0 Å². The van der Waals surface area contributed by atoms with Crippen molar-refractivity contribution in [2.75, 3.05) is 5.75 Å². The summed E-state index contributed by atoms with van der Waals surface area (Å²) < 4.78 is 5.10. The van der Waals surface area contributed by atoms with Crippen LogP contribution in [0.25, 0.3) is 0 Å². The van der Waals surface area contributed by atoms with Crippen LogP contribution in [0.5, 0.6) is 0 Å². The van der Waals surface area contributed by atoms with Crippen LogP contribution in [0, 0.1) is 0 Å². The van der Waals surface area contributed by atoms with Gasteiger partial charge in [0.05, 0.1) is 6.26 Å². The number of fused-ring (bicyclic) bond motifs is 1. The second kappa shape index (κ2) is 2.32. The van der Waals surface area contributed by atoms with E-state index in [1.54, 1.807) is 18.0 Å². The van der Waals surface area contributed by atoms with Crippen molar-refractivity contribution in [3.8, 4) is 0 Å². The lowest BCUT2D eigenvalue weighted by Gasteiger charge is -2.14. The van der Waals surface area contributed by atoms with Crippen LogP contribution in [0.3, 0.4) is 0 Å². The van der Waals surface area contributed by atoms with Crippen molar-refractivity contribution >= 4 is 11.8 Å². The summed E-state index contributed by atoms with van der Waals surface area (Å²) in [6.07, 6.45) is 1.25. The molecule has 0 aliphatic carbocycles. The highest BCUT2D eigenvalue weighted by Crippen LogP contribution is 2.31. The highest BCUT2D eigenvalue weighted by atomic mass is 32.2. The largest absolute Gasteiger partial charge is 0.466 e. The van der Waals surface area contributed by atoms with Gasteiger partial charge >= 0.3 is 0 Å². The highest BCUT2D eigenvalue weighted by molar-refractivity contribution is 7.98. The van der Waals surface area contributed by atoms with Crippen LogP contribution in [-0.4, -0.2) is 10.9 Å². The summed E-state index contributed by atoms with van der Waals surface area (Å²) in [4.78, 5) is 0. The maximum absolute atomic E-state index is 9.34. The number of rotatable bonds is 0. The first kappa shape index (κ1) is 6.31. The molecule has 1 aliphatic rings. The zero-order valence-electron chi connectivity index (χ0n) is 5.41.